The largest absolute Gasteiger partial charge is 0.478 e. The van der Waals surface area contributed by atoms with Crippen molar-refractivity contribution in [1.29, 1.82) is 0 Å². The smallest absolute Gasteiger partial charge is 0.335 e. The summed E-state index contributed by atoms with van der Waals surface area (Å²) in [7, 11) is 0. The second-order valence-electron chi connectivity index (χ2n) is 2.46. The van der Waals surface area contributed by atoms with Crippen LogP contribution in [0.3, 0.4) is 0 Å². The van der Waals surface area contributed by atoms with Crippen molar-refractivity contribution in [3.8, 4) is 0 Å². The molecule has 1 N–H and O–H groups in total. The van der Waals surface area contributed by atoms with Gasteiger partial charge in [-0.1, -0.05) is 27.0 Å². The summed E-state index contributed by atoms with van der Waals surface area (Å²) >= 11 is 0. The van der Waals surface area contributed by atoms with E-state index in [9.17, 15) is 4.79 Å². The Morgan fingerprint density at radius 1 is 1.40 bits per heavy atom. The third kappa shape index (κ3) is 2.05. The van der Waals surface area contributed by atoms with E-state index in [0.29, 0.717) is 5.57 Å². The van der Waals surface area contributed by atoms with Crippen LogP contribution in [0.1, 0.15) is 13.8 Å². The van der Waals surface area contributed by atoms with Crippen LogP contribution in [0.4, 0.5) is 0 Å². The lowest BCUT2D eigenvalue weighted by Crippen LogP contribution is -2.05. The van der Waals surface area contributed by atoms with Crippen molar-refractivity contribution in [2.45, 2.75) is 13.8 Å². The number of carboxylic acids is 1. The number of hydrogen-bond acceptors (Lipinski definition) is 1. The molecule has 0 radical (unpaired) electrons. The predicted octanol–water partition coefficient (Wildman–Crippen LogP) is 1.84. The van der Waals surface area contributed by atoms with Gasteiger partial charge < -0.3 is 5.11 Å². The molecule has 0 unspecified atom stereocenters. The van der Waals surface area contributed by atoms with Gasteiger partial charge in [-0.2, -0.15) is 0 Å². The molecule has 10 heavy (non-hydrogen) atoms. The van der Waals surface area contributed by atoms with Crippen LogP contribution in [-0.4, -0.2) is 11.1 Å². The first-order valence-corrected chi connectivity index (χ1v) is 3.08. The molecule has 0 aromatic carbocycles. The van der Waals surface area contributed by atoms with E-state index in [1.54, 1.807) is 0 Å². The van der Waals surface area contributed by atoms with E-state index in [1.165, 1.54) is 0 Å². The van der Waals surface area contributed by atoms with Gasteiger partial charge in [0.05, 0.1) is 5.57 Å². The molecular formula is C8H12O2. The lowest BCUT2D eigenvalue weighted by Gasteiger charge is -2.07. The SMILES string of the molecule is C=C(C(=C)C(C)C)C(=O)O. The topological polar surface area (TPSA) is 37.3 Å². The Kier molecular flexibility index (Phi) is 2.87. The zero-order valence-electron chi connectivity index (χ0n) is 6.35. The van der Waals surface area contributed by atoms with Gasteiger partial charge >= 0.3 is 5.97 Å². The number of hydrogen-bond donors (Lipinski definition) is 1. The zero-order valence-corrected chi connectivity index (χ0v) is 6.35. The molecule has 0 aliphatic heterocycles. The lowest BCUT2D eigenvalue weighted by atomic mass is 9.98. The van der Waals surface area contributed by atoms with Crippen LogP contribution in [0.5, 0.6) is 0 Å². The minimum atomic E-state index is -0.987. The number of carboxylic acid groups (broad SMARTS) is 1. The van der Waals surface area contributed by atoms with Gasteiger partial charge in [-0.05, 0) is 11.5 Å². The Morgan fingerprint density at radius 2 is 1.80 bits per heavy atom. The first kappa shape index (κ1) is 8.95. The average Bonchev–Trinajstić information content (AvgIpc) is 1.84. The van der Waals surface area contributed by atoms with Gasteiger partial charge in [-0.25, -0.2) is 4.79 Å². The van der Waals surface area contributed by atoms with Gasteiger partial charge in [-0.15, -0.1) is 0 Å². The fourth-order valence-electron chi connectivity index (χ4n) is 0.486. The van der Waals surface area contributed by atoms with Crippen LogP contribution in [0.25, 0.3) is 0 Å². The van der Waals surface area contributed by atoms with Gasteiger partial charge in [0.2, 0.25) is 0 Å². The predicted molar refractivity (Wildman–Crippen MR) is 40.8 cm³/mol. The molecular weight excluding hydrogens is 128 g/mol. The van der Waals surface area contributed by atoms with Crippen LogP contribution < -0.4 is 0 Å². The van der Waals surface area contributed by atoms with E-state index in [4.69, 9.17) is 5.11 Å². The van der Waals surface area contributed by atoms with Crippen LogP contribution >= 0.6 is 0 Å². The molecule has 0 atom stereocenters. The van der Waals surface area contributed by atoms with Crippen LogP contribution in [0.2, 0.25) is 0 Å². The Bertz CT molecular complexity index is 178. The highest BCUT2D eigenvalue weighted by Crippen LogP contribution is 2.14. The summed E-state index contributed by atoms with van der Waals surface area (Å²) in [5.74, 6) is -0.831. The maximum absolute atomic E-state index is 10.3. The molecule has 56 valence electrons. The summed E-state index contributed by atoms with van der Waals surface area (Å²) in [5, 5.41) is 8.44. The molecule has 2 heteroatoms. The zero-order chi connectivity index (χ0) is 8.31. The van der Waals surface area contributed by atoms with Crippen LogP contribution in [-0.2, 0) is 4.79 Å². The Balaban J connectivity index is 4.24. The average molecular weight is 140 g/mol. The van der Waals surface area contributed by atoms with E-state index in [2.05, 4.69) is 13.2 Å². The third-order valence-corrected chi connectivity index (χ3v) is 1.34. The van der Waals surface area contributed by atoms with E-state index < -0.39 is 5.97 Å². The van der Waals surface area contributed by atoms with Crippen molar-refractivity contribution in [2.24, 2.45) is 5.92 Å². The summed E-state index contributed by atoms with van der Waals surface area (Å²) in [5.41, 5.74) is 0.697. The summed E-state index contributed by atoms with van der Waals surface area (Å²) in [6.07, 6.45) is 0. The Hall–Kier alpha value is -1.05. The molecule has 0 aromatic heterocycles. The molecule has 0 fully saturated rings. The van der Waals surface area contributed by atoms with E-state index in [1.807, 2.05) is 13.8 Å². The van der Waals surface area contributed by atoms with Crippen molar-refractivity contribution < 1.29 is 9.90 Å². The molecule has 0 rings (SSSR count). The summed E-state index contributed by atoms with van der Waals surface area (Å²) in [4.78, 5) is 10.3. The maximum atomic E-state index is 10.3. The van der Waals surface area contributed by atoms with Gasteiger partial charge in [0, 0.05) is 0 Å². The molecule has 0 amide bonds. The van der Waals surface area contributed by atoms with Crippen molar-refractivity contribution in [1.82, 2.24) is 0 Å². The second-order valence-corrected chi connectivity index (χ2v) is 2.46. The fraction of sp³-hybridized carbons (Fsp3) is 0.375. The lowest BCUT2D eigenvalue weighted by molar-refractivity contribution is -0.132. The quantitative estimate of drug-likeness (QED) is 0.479. The molecule has 0 aromatic rings. The highest BCUT2D eigenvalue weighted by Gasteiger charge is 2.10. The number of aliphatic carboxylic acids is 1. The van der Waals surface area contributed by atoms with Crippen molar-refractivity contribution >= 4 is 5.97 Å². The minimum Gasteiger partial charge on any atom is -0.478 e. The third-order valence-electron chi connectivity index (χ3n) is 1.34. The summed E-state index contributed by atoms with van der Waals surface area (Å²) < 4.78 is 0. The van der Waals surface area contributed by atoms with E-state index in [0.717, 1.165) is 0 Å². The fourth-order valence-corrected chi connectivity index (χ4v) is 0.486. The Morgan fingerprint density at radius 3 is 1.90 bits per heavy atom. The molecule has 0 saturated carbocycles. The Labute approximate surface area is 60.9 Å². The van der Waals surface area contributed by atoms with Crippen molar-refractivity contribution in [3.05, 3.63) is 24.3 Å². The van der Waals surface area contributed by atoms with Crippen LogP contribution in [0.15, 0.2) is 24.3 Å². The van der Waals surface area contributed by atoms with Gasteiger partial charge in [0.1, 0.15) is 0 Å². The first-order chi connectivity index (χ1) is 4.46. The number of carbonyl (C=O) groups is 1. The second kappa shape index (κ2) is 3.20. The van der Waals surface area contributed by atoms with Gasteiger partial charge in [0.15, 0.2) is 0 Å². The molecule has 0 bridgehead atoms. The molecule has 0 saturated heterocycles. The summed E-state index contributed by atoms with van der Waals surface area (Å²) in [6, 6.07) is 0. The highest BCUT2D eigenvalue weighted by atomic mass is 16.4. The number of rotatable bonds is 3. The molecule has 0 heterocycles. The van der Waals surface area contributed by atoms with E-state index >= 15 is 0 Å². The highest BCUT2D eigenvalue weighted by molar-refractivity contribution is 5.90. The normalized spacial score (nSPS) is 9.50. The monoisotopic (exact) mass is 140 g/mol. The van der Waals surface area contributed by atoms with Crippen LogP contribution in [0, 0.1) is 5.92 Å². The van der Waals surface area contributed by atoms with Crippen molar-refractivity contribution in [3.63, 3.8) is 0 Å². The standard InChI is InChI=1S/C8H12O2/c1-5(2)6(3)7(4)8(9)10/h5H,3-4H2,1-2H3,(H,9,10). The first-order valence-electron chi connectivity index (χ1n) is 3.08. The van der Waals surface area contributed by atoms with E-state index in [-0.39, 0.29) is 11.5 Å². The maximum Gasteiger partial charge on any atom is 0.335 e. The molecule has 0 aliphatic rings. The molecule has 0 aliphatic carbocycles. The van der Waals surface area contributed by atoms with Crippen molar-refractivity contribution in [2.75, 3.05) is 0 Å². The minimum absolute atomic E-state index is 0.106. The molecule has 2 nitrogen and oxygen atoms in total. The summed E-state index contributed by atoms with van der Waals surface area (Å²) in [6.45, 7) is 10.7. The molecule has 0 spiro atoms. The van der Waals surface area contributed by atoms with Gasteiger partial charge in [0.25, 0.3) is 0 Å². The van der Waals surface area contributed by atoms with Gasteiger partial charge in [-0.3, -0.25) is 0 Å².